The molecule has 2 aromatic heterocycles. The third kappa shape index (κ3) is 3.72. The maximum absolute atomic E-state index is 12.2. The standard InChI is InChI=1S/C18H16N2O3S/c1-12(15-4-2-10-23-15)19-17(21)13-6-8-14(9-7-13)20-18(22)16-5-3-11-24-16/h2-12H,1H3,(H,19,21)(H,20,22)/t12-/m1/s1. The number of hydrogen-bond donors (Lipinski definition) is 2. The van der Waals surface area contributed by atoms with Crippen LogP contribution in [0.25, 0.3) is 0 Å². The smallest absolute Gasteiger partial charge is 0.265 e. The molecule has 5 nitrogen and oxygen atoms in total. The van der Waals surface area contributed by atoms with E-state index >= 15 is 0 Å². The first kappa shape index (κ1) is 16.0. The molecule has 122 valence electrons. The highest BCUT2D eigenvalue weighted by Gasteiger charge is 2.13. The van der Waals surface area contributed by atoms with E-state index in [0.29, 0.717) is 21.9 Å². The zero-order valence-corrected chi connectivity index (χ0v) is 13.8. The quantitative estimate of drug-likeness (QED) is 0.735. The van der Waals surface area contributed by atoms with Crippen LogP contribution in [0.2, 0.25) is 0 Å². The Kier molecular flexibility index (Phi) is 4.77. The van der Waals surface area contributed by atoms with Gasteiger partial charge in [0.05, 0.1) is 17.2 Å². The summed E-state index contributed by atoms with van der Waals surface area (Å²) in [6.45, 7) is 1.85. The summed E-state index contributed by atoms with van der Waals surface area (Å²) in [6, 6.07) is 13.7. The number of hydrogen-bond acceptors (Lipinski definition) is 4. The average molecular weight is 340 g/mol. The summed E-state index contributed by atoms with van der Waals surface area (Å²) in [5.74, 6) is 0.340. The number of anilines is 1. The fourth-order valence-corrected chi connectivity index (χ4v) is 2.81. The molecule has 0 radical (unpaired) electrons. The van der Waals surface area contributed by atoms with E-state index in [2.05, 4.69) is 10.6 Å². The SMILES string of the molecule is C[C@@H](NC(=O)c1ccc(NC(=O)c2cccs2)cc1)c1ccco1. The molecule has 0 saturated heterocycles. The second-order valence-electron chi connectivity index (χ2n) is 5.22. The maximum Gasteiger partial charge on any atom is 0.265 e. The Bertz CT molecular complexity index is 809. The van der Waals surface area contributed by atoms with Crippen LogP contribution in [0.4, 0.5) is 5.69 Å². The third-order valence-corrected chi connectivity index (χ3v) is 4.34. The van der Waals surface area contributed by atoms with Gasteiger partial charge in [-0.2, -0.15) is 0 Å². The zero-order valence-electron chi connectivity index (χ0n) is 13.0. The molecule has 3 rings (SSSR count). The molecular formula is C18H16N2O3S. The molecule has 1 atom stereocenters. The molecule has 1 aromatic carbocycles. The van der Waals surface area contributed by atoms with Crippen molar-refractivity contribution in [2.24, 2.45) is 0 Å². The zero-order chi connectivity index (χ0) is 16.9. The predicted molar refractivity (Wildman–Crippen MR) is 93.3 cm³/mol. The topological polar surface area (TPSA) is 71.3 Å². The number of furan rings is 1. The summed E-state index contributed by atoms with van der Waals surface area (Å²) in [5, 5.41) is 7.51. The summed E-state index contributed by atoms with van der Waals surface area (Å²) in [6.07, 6.45) is 1.57. The van der Waals surface area contributed by atoms with Gasteiger partial charge in [0, 0.05) is 11.3 Å². The van der Waals surface area contributed by atoms with Gasteiger partial charge in [-0.3, -0.25) is 9.59 Å². The second-order valence-corrected chi connectivity index (χ2v) is 6.17. The first-order valence-corrected chi connectivity index (χ1v) is 8.30. The third-order valence-electron chi connectivity index (χ3n) is 3.47. The molecule has 2 heterocycles. The van der Waals surface area contributed by atoms with Gasteiger partial charge >= 0.3 is 0 Å². The summed E-state index contributed by atoms with van der Waals surface area (Å²) < 4.78 is 5.27. The Morgan fingerprint density at radius 1 is 1.04 bits per heavy atom. The fraction of sp³-hybridized carbons (Fsp3) is 0.111. The van der Waals surface area contributed by atoms with Gasteiger partial charge in [0.15, 0.2) is 0 Å². The summed E-state index contributed by atoms with van der Waals surface area (Å²) in [7, 11) is 0. The monoisotopic (exact) mass is 340 g/mol. The summed E-state index contributed by atoms with van der Waals surface area (Å²) >= 11 is 1.38. The highest BCUT2D eigenvalue weighted by Crippen LogP contribution is 2.16. The highest BCUT2D eigenvalue weighted by molar-refractivity contribution is 7.12. The van der Waals surface area contributed by atoms with Crippen LogP contribution in [0.15, 0.2) is 64.6 Å². The predicted octanol–water partition coefficient (Wildman–Crippen LogP) is 4.08. The van der Waals surface area contributed by atoms with E-state index in [1.54, 1.807) is 42.7 Å². The van der Waals surface area contributed by atoms with Crippen molar-refractivity contribution in [3.63, 3.8) is 0 Å². The number of benzene rings is 1. The Hall–Kier alpha value is -2.86. The van der Waals surface area contributed by atoms with Crippen molar-refractivity contribution in [3.05, 3.63) is 76.4 Å². The summed E-state index contributed by atoms with van der Waals surface area (Å²) in [4.78, 5) is 24.9. The summed E-state index contributed by atoms with van der Waals surface area (Å²) in [5.41, 5.74) is 1.16. The van der Waals surface area contributed by atoms with Gasteiger partial charge in [-0.05, 0) is 54.8 Å². The average Bonchev–Trinajstić information content (AvgIpc) is 3.29. The Labute approximate surface area is 143 Å². The molecule has 0 fully saturated rings. The normalized spacial score (nSPS) is 11.7. The van der Waals surface area contributed by atoms with Crippen molar-refractivity contribution >= 4 is 28.8 Å². The first-order valence-electron chi connectivity index (χ1n) is 7.42. The van der Waals surface area contributed by atoms with Crippen LogP contribution >= 0.6 is 11.3 Å². The minimum atomic E-state index is -0.217. The molecule has 0 spiro atoms. The number of carbonyl (C=O) groups is 2. The van der Waals surface area contributed by atoms with E-state index in [0.717, 1.165) is 0 Å². The molecular weight excluding hydrogens is 324 g/mol. The van der Waals surface area contributed by atoms with E-state index in [9.17, 15) is 9.59 Å². The molecule has 24 heavy (non-hydrogen) atoms. The van der Waals surface area contributed by atoms with E-state index in [1.807, 2.05) is 24.4 Å². The number of nitrogens with one attached hydrogen (secondary N) is 2. The molecule has 2 N–H and O–H groups in total. The van der Waals surface area contributed by atoms with Gasteiger partial charge < -0.3 is 15.1 Å². The van der Waals surface area contributed by atoms with Crippen LogP contribution in [0.5, 0.6) is 0 Å². The highest BCUT2D eigenvalue weighted by atomic mass is 32.1. The van der Waals surface area contributed by atoms with Crippen LogP contribution in [-0.2, 0) is 0 Å². The van der Waals surface area contributed by atoms with Crippen molar-refractivity contribution in [3.8, 4) is 0 Å². The van der Waals surface area contributed by atoms with Crippen molar-refractivity contribution in [2.45, 2.75) is 13.0 Å². The number of rotatable bonds is 5. The van der Waals surface area contributed by atoms with Crippen LogP contribution in [0.3, 0.4) is 0 Å². The van der Waals surface area contributed by atoms with Crippen molar-refractivity contribution in [2.75, 3.05) is 5.32 Å². The molecule has 0 bridgehead atoms. The van der Waals surface area contributed by atoms with Crippen LogP contribution in [0, 0.1) is 0 Å². The lowest BCUT2D eigenvalue weighted by Crippen LogP contribution is -2.26. The van der Waals surface area contributed by atoms with E-state index in [4.69, 9.17) is 4.42 Å². The van der Waals surface area contributed by atoms with Crippen LogP contribution in [0.1, 0.15) is 38.8 Å². The van der Waals surface area contributed by atoms with Crippen LogP contribution < -0.4 is 10.6 Å². The Balaban J connectivity index is 1.61. The van der Waals surface area contributed by atoms with Crippen molar-refractivity contribution < 1.29 is 14.0 Å². The van der Waals surface area contributed by atoms with E-state index in [1.165, 1.54) is 11.3 Å². The van der Waals surface area contributed by atoms with Gasteiger partial charge in [0.2, 0.25) is 0 Å². The van der Waals surface area contributed by atoms with Crippen molar-refractivity contribution in [1.29, 1.82) is 0 Å². The Morgan fingerprint density at radius 2 is 1.83 bits per heavy atom. The molecule has 0 aliphatic carbocycles. The number of amides is 2. The maximum atomic E-state index is 12.2. The first-order chi connectivity index (χ1) is 11.6. The minimum absolute atomic E-state index is 0.159. The van der Waals surface area contributed by atoms with Gasteiger partial charge in [-0.15, -0.1) is 11.3 Å². The van der Waals surface area contributed by atoms with E-state index in [-0.39, 0.29) is 17.9 Å². The minimum Gasteiger partial charge on any atom is -0.467 e. The molecule has 2 amide bonds. The lowest BCUT2D eigenvalue weighted by Gasteiger charge is -2.12. The van der Waals surface area contributed by atoms with Crippen LogP contribution in [-0.4, -0.2) is 11.8 Å². The largest absolute Gasteiger partial charge is 0.467 e. The molecule has 0 unspecified atom stereocenters. The van der Waals surface area contributed by atoms with Gasteiger partial charge in [-0.1, -0.05) is 6.07 Å². The van der Waals surface area contributed by atoms with Gasteiger partial charge in [0.1, 0.15) is 5.76 Å². The van der Waals surface area contributed by atoms with E-state index < -0.39 is 0 Å². The van der Waals surface area contributed by atoms with Gasteiger partial charge in [-0.25, -0.2) is 0 Å². The Morgan fingerprint density at radius 3 is 2.46 bits per heavy atom. The molecule has 0 aliphatic heterocycles. The second kappa shape index (κ2) is 7.14. The number of carbonyl (C=O) groups excluding carboxylic acids is 2. The molecule has 3 aromatic rings. The molecule has 0 saturated carbocycles. The lowest BCUT2D eigenvalue weighted by atomic mass is 10.1. The molecule has 0 aliphatic rings. The number of thiophene rings is 1. The van der Waals surface area contributed by atoms with Crippen molar-refractivity contribution in [1.82, 2.24) is 5.32 Å². The lowest BCUT2D eigenvalue weighted by molar-refractivity contribution is 0.0935. The molecule has 6 heteroatoms. The fourth-order valence-electron chi connectivity index (χ4n) is 2.19. The van der Waals surface area contributed by atoms with Gasteiger partial charge in [0.25, 0.3) is 11.8 Å².